The van der Waals surface area contributed by atoms with E-state index >= 15 is 0 Å². The van der Waals surface area contributed by atoms with Crippen LogP contribution in [0.3, 0.4) is 0 Å². The Morgan fingerprint density at radius 1 is 1.13 bits per heavy atom. The van der Waals surface area contributed by atoms with Crippen LogP contribution in [0.2, 0.25) is 0 Å². The molecule has 4 atom stereocenters. The van der Waals surface area contributed by atoms with Crippen LogP contribution >= 0.6 is 0 Å². The number of anilines is 1. The van der Waals surface area contributed by atoms with Gasteiger partial charge in [0.05, 0.1) is 24.4 Å². The van der Waals surface area contributed by atoms with E-state index in [4.69, 9.17) is 4.74 Å². The number of nitrogens with zero attached hydrogens (tertiary/aromatic N) is 2. The van der Waals surface area contributed by atoms with Crippen molar-refractivity contribution < 1.29 is 14.3 Å². The van der Waals surface area contributed by atoms with E-state index < -0.39 is 5.97 Å². The van der Waals surface area contributed by atoms with Gasteiger partial charge in [-0.3, -0.25) is 4.90 Å². The van der Waals surface area contributed by atoms with E-state index in [2.05, 4.69) is 16.3 Å². The fourth-order valence-corrected chi connectivity index (χ4v) is 6.27. The lowest BCUT2D eigenvalue weighted by Gasteiger charge is -2.54. The molecule has 0 aromatic heterocycles. The first-order chi connectivity index (χ1) is 14.7. The summed E-state index contributed by atoms with van der Waals surface area (Å²) in [5, 5.41) is 3.00. The second-order valence-corrected chi connectivity index (χ2v) is 9.17. The van der Waals surface area contributed by atoms with Crippen LogP contribution in [0.15, 0.2) is 35.9 Å². The fraction of sp³-hybridized carbons (Fsp3) is 0.583. The normalized spacial score (nSPS) is 30.6. The SMILES string of the molecule is COC(=O)c1ccccc1NC(=O)N1CCCC2=C[C@H]3C[C@H](CN4CCCC[C@H]34)[C@@H]21. The molecule has 2 bridgehead atoms. The molecule has 1 aromatic rings. The maximum Gasteiger partial charge on any atom is 0.339 e. The van der Waals surface area contributed by atoms with Gasteiger partial charge in [-0.15, -0.1) is 0 Å². The predicted octanol–water partition coefficient (Wildman–Crippen LogP) is 3.90. The molecule has 160 valence electrons. The lowest BCUT2D eigenvalue weighted by Crippen LogP contribution is -2.60. The lowest BCUT2D eigenvalue weighted by molar-refractivity contribution is 0.00908. The van der Waals surface area contributed by atoms with Crippen molar-refractivity contribution >= 4 is 17.7 Å². The van der Waals surface area contributed by atoms with Gasteiger partial charge in [-0.05, 0) is 62.6 Å². The highest BCUT2D eigenvalue weighted by molar-refractivity contribution is 6.00. The van der Waals surface area contributed by atoms with E-state index in [-0.39, 0.29) is 12.1 Å². The number of amides is 2. The fourth-order valence-electron chi connectivity index (χ4n) is 6.27. The zero-order valence-electron chi connectivity index (χ0n) is 17.7. The first-order valence-corrected chi connectivity index (χ1v) is 11.4. The summed E-state index contributed by atoms with van der Waals surface area (Å²) in [4.78, 5) is 30.2. The molecular formula is C24H31N3O3. The van der Waals surface area contributed by atoms with Crippen molar-refractivity contribution in [1.29, 1.82) is 0 Å². The largest absolute Gasteiger partial charge is 0.465 e. The van der Waals surface area contributed by atoms with Crippen LogP contribution in [-0.4, -0.2) is 60.6 Å². The molecule has 4 aliphatic rings. The lowest BCUT2D eigenvalue weighted by atomic mass is 9.68. The minimum atomic E-state index is -0.436. The summed E-state index contributed by atoms with van der Waals surface area (Å²) in [5.41, 5.74) is 2.36. The molecular weight excluding hydrogens is 378 g/mol. The Bertz CT molecular complexity index is 867. The van der Waals surface area contributed by atoms with Gasteiger partial charge in [-0.1, -0.05) is 30.2 Å². The summed E-state index contributed by atoms with van der Waals surface area (Å²) < 4.78 is 4.88. The summed E-state index contributed by atoms with van der Waals surface area (Å²) in [6.45, 7) is 3.07. The Hall–Kier alpha value is -2.34. The van der Waals surface area contributed by atoms with Crippen LogP contribution in [0, 0.1) is 11.8 Å². The third-order valence-electron chi connectivity index (χ3n) is 7.49. The number of esters is 1. The van der Waals surface area contributed by atoms with Gasteiger partial charge in [0.25, 0.3) is 0 Å². The highest BCUT2D eigenvalue weighted by Crippen LogP contribution is 2.45. The minimum Gasteiger partial charge on any atom is -0.465 e. The maximum atomic E-state index is 13.4. The smallest absolute Gasteiger partial charge is 0.339 e. The molecule has 2 amide bonds. The van der Waals surface area contributed by atoms with Crippen molar-refractivity contribution in [3.05, 3.63) is 41.5 Å². The number of rotatable bonds is 2. The molecule has 6 nitrogen and oxygen atoms in total. The zero-order chi connectivity index (χ0) is 20.7. The van der Waals surface area contributed by atoms with Crippen LogP contribution in [0.1, 0.15) is 48.9 Å². The van der Waals surface area contributed by atoms with E-state index in [0.717, 1.165) is 25.9 Å². The monoisotopic (exact) mass is 409 g/mol. The molecule has 6 heteroatoms. The molecule has 30 heavy (non-hydrogen) atoms. The second kappa shape index (κ2) is 8.06. The van der Waals surface area contributed by atoms with Crippen LogP contribution in [0.25, 0.3) is 0 Å². The number of benzene rings is 1. The number of hydrogen-bond donors (Lipinski definition) is 1. The number of piperidine rings is 3. The molecule has 0 saturated carbocycles. The molecule has 3 aliphatic heterocycles. The first kappa shape index (κ1) is 19.6. The van der Waals surface area contributed by atoms with E-state index in [1.54, 1.807) is 18.2 Å². The molecule has 0 unspecified atom stereocenters. The molecule has 1 aliphatic carbocycles. The van der Waals surface area contributed by atoms with Crippen molar-refractivity contribution in [2.45, 2.75) is 50.6 Å². The van der Waals surface area contributed by atoms with Crippen molar-refractivity contribution in [1.82, 2.24) is 9.80 Å². The van der Waals surface area contributed by atoms with Gasteiger partial charge in [0.2, 0.25) is 0 Å². The molecule has 3 saturated heterocycles. The number of likely N-dealkylation sites (tertiary alicyclic amines) is 1. The van der Waals surface area contributed by atoms with Crippen LogP contribution in [-0.2, 0) is 4.74 Å². The van der Waals surface area contributed by atoms with E-state index in [0.29, 0.717) is 29.1 Å². The number of methoxy groups -OCH3 is 1. The Balaban J connectivity index is 1.39. The number of hydrogen-bond acceptors (Lipinski definition) is 4. The van der Waals surface area contributed by atoms with Crippen molar-refractivity contribution in [2.75, 3.05) is 32.1 Å². The number of para-hydroxylation sites is 1. The predicted molar refractivity (Wildman–Crippen MR) is 115 cm³/mol. The molecule has 0 radical (unpaired) electrons. The molecule has 3 fully saturated rings. The molecule has 0 spiro atoms. The number of ether oxygens (including phenoxy) is 1. The first-order valence-electron chi connectivity index (χ1n) is 11.4. The number of urea groups is 1. The van der Waals surface area contributed by atoms with Crippen molar-refractivity contribution in [2.24, 2.45) is 11.8 Å². The van der Waals surface area contributed by atoms with Gasteiger partial charge < -0.3 is 15.0 Å². The van der Waals surface area contributed by atoms with E-state index in [9.17, 15) is 9.59 Å². The summed E-state index contributed by atoms with van der Waals surface area (Å²) >= 11 is 0. The number of carbonyl (C=O) groups excluding carboxylic acids is 2. The highest BCUT2D eigenvalue weighted by Gasteiger charge is 2.47. The molecule has 5 rings (SSSR count). The standard InChI is InChI=1S/C24H31N3O3/c1-30-23(28)19-8-2-3-9-20(19)25-24(29)27-12-6-7-16-13-17-14-18(22(16)27)15-26-11-5-4-10-21(17)26/h2-3,8-9,13,17-18,21-22H,4-7,10-12,14-15H2,1H3,(H,25,29)/t17-,18+,21+,22+/m0/s1. The summed E-state index contributed by atoms with van der Waals surface area (Å²) in [7, 11) is 1.36. The van der Waals surface area contributed by atoms with E-state index in [1.807, 2.05) is 11.0 Å². The summed E-state index contributed by atoms with van der Waals surface area (Å²) in [5.74, 6) is 0.721. The van der Waals surface area contributed by atoms with Gasteiger partial charge in [0.15, 0.2) is 0 Å². The highest BCUT2D eigenvalue weighted by atomic mass is 16.5. The van der Waals surface area contributed by atoms with Crippen LogP contribution < -0.4 is 5.32 Å². The van der Waals surface area contributed by atoms with Crippen LogP contribution in [0.4, 0.5) is 10.5 Å². The molecule has 1 N–H and O–H groups in total. The Labute approximate surface area is 178 Å². The second-order valence-electron chi connectivity index (χ2n) is 9.17. The Kier molecular flexibility index (Phi) is 5.27. The number of fused-ring (bicyclic) bond motifs is 6. The summed E-state index contributed by atoms with van der Waals surface area (Å²) in [6.07, 6.45) is 9.78. The Morgan fingerprint density at radius 3 is 2.87 bits per heavy atom. The average Bonchev–Trinajstić information content (AvgIpc) is 2.78. The van der Waals surface area contributed by atoms with Crippen LogP contribution in [0.5, 0.6) is 0 Å². The topological polar surface area (TPSA) is 61.9 Å². The van der Waals surface area contributed by atoms with Gasteiger partial charge in [0, 0.05) is 19.1 Å². The minimum absolute atomic E-state index is 0.110. The third-order valence-corrected chi connectivity index (χ3v) is 7.49. The number of nitrogens with one attached hydrogen (secondary N) is 1. The average molecular weight is 410 g/mol. The van der Waals surface area contributed by atoms with Crippen molar-refractivity contribution in [3.63, 3.8) is 0 Å². The van der Waals surface area contributed by atoms with Crippen molar-refractivity contribution in [3.8, 4) is 0 Å². The van der Waals surface area contributed by atoms with Gasteiger partial charge in [0.1, 0.15) is 0 Å². The molecule has 3 heterocycles. The Morgan fingerprint density at radius 2 is 2.00 bits per heavy atom. The molecule has 1 aromatic carbocycles. The van der Waals surface area contributed by atoms with Gasteiger partial charge in [-0.25, -0.2) is 9.59 Å². The zero-order valence-corrected chi connectivity index (χ0v) is 17.7. The number of carbonyl (C=O) groups is 2. The summed E-state index contributed by atoms with van der Waals surface area (Å²) in [6, 6.07) is 7.84. The third kappa shape index (κ3) is 3.41. The van der Waals surface area contributed by atoms with Gasteiger partial charge in [-0.2, -0.15) is 0 Å². The van der Waals surface area contributed by atoms with E-state index in [1.165, 1.54) is 44.9 Å². The maximum absolute atomic E-state index is 13.4. The van der Waals surface area contributed by atoms with Gasteiger partial charge >= 0.3 is 12.0 Å². The quantitative estimate of drug-likeness (QED) is 0.594.